The molecule has 3 amide bonds. The summed E-state index contributed by atoms with van der Waals surface area (Å²) in [6.07, 6.45) is -0.741. The number of ether oxygens (including phenoxy) is 4. The molecule has 0 spiro atoms. The van der Waals surface area contributed by atoms with E-state index in [4.69, 9.17) is 18.9 Å². The van der Waals surface area contributed by atoms with Crippen molar-refractivity contribution in [1.82, 2.24) is 14.7 Å². The third kappa shape index (κ3) is 8.13. The van der Waals surface area contributed by atoms with Gasteiger partial charge in [0, 0.05) is 31.4 Å². The molecule has 0 aromatic heterocycles. The van der Waals surface area contributed by atoms with Gasteiger partial charge < -0.3 is 34.5 Å². The fourth-order valence-electron chi connectivity index (χ4n) is 4.29. The largest absolute Gasteiger partial charge is 0.761 e. The zero-order valence-corrected chi connectivity index (χ0v) is 24.1. The third-order valence-electron chi connectivity index (χ3n) is 6.16. The molecule has 2 atom stereocenters. The fraction of sp³-hybridized carbons (Fsp3) is 0.630. The van der Waals surface area contributed by atoms with Gasteiger partial charge in [0.15, 0.2) is 6.04 Å². The van der Waals surface area contributed by atoms with E-state index < -0.39 is 47.5 Å². The molecular formula is C27H39N4O9-. The molecule has 40 heavy (non-hydrogen) atoms. The highest BCUT2D eigenvalue weighted by molar-refractivity contribution is 5.84. The van der Waals surface area contributed by atoms with Crippen LogP contribution < -0.4 is 10.2 Å². The molecule has 1 aromatic carbocycles. The average molecular weight is 564 g/mol. The van der Waals surface area contributed by atoms with Crippen LogP contribution in [0, 0.1) is 5.21 Å². The summed E-state index contributed by atoms with van der Waals surface area (Å²) in [7, 11) is 1.19. The number of amides is 3. The standard InChI is InChI=1S/C27H39N4O9/c1-26(2,3)39-24(34)29-14-15-30(25(35)40-27(4,5)6)21(22(32)37-7)20(29)16-31(18-10-11-18)23(33)38-19-12-8-17(28-36)9-13-19/h8-9,12-13,18,20-21,28H,10-11,14-16H2,1-7H3/q-1/t20-,21+/m0/s1. The first-order valence-corrected chi connectivity index (χ1v) is 13.2. The van der Waals surface area contributed by atoms with E-state index in [0.29, 0.717) is 18.5 Å². The number of anilines is 1. The van der Waals surface area contributed by atoms with E-state index in [1.54, 1.807) is 47.0 Å². The summed E-state index contributed by atoms with van der Waals surface area (Å²) in [6, 6.07) is 3.38. The predicted octanol–water partition coefficient (Wildman–Crippen LogP) is 3.96. The smallest absolute Gasteiger partial charge is 0.415 e. The molecule has 1 saturated carbocycles. The minimum Gasteiger partial charge on any atom is -0.761 e. The Labute approximate surface area is 234 Å². The van der Waals surface area contributed by atoms with Crippen LogP contribution in [0.1, 0.15) is 54.4 Å². The van der Waals surface area contributed by atoms with Gasteiger partial charge in [-0.05, 0) is 78.6 Å². The Balaban J connectivity index is 1.95. The van der Waals surface area contributed by atoms with Gasteiger partial charge in [-0.15, -0.1) is 0 Å². The zero-order chi connectivity index (χ0) is 29.8. The van der Waals surface area contributed by atoms with E-state index in [9.17, 15) is 24.4 Å². The number of esters is 1. The maximum absolute atomic E-state index is 13.3. The lowest BCUT2D eigenvalue weighted by Crippen LogP contribution is -2.68. The molecule has 0 unspecified atom stereocenters. The summed E-state index contributed by atoms with van der Waals surface area (Å²) in [6.45, 7) is 10.2. The van der Waals surface area contributed by atoms with Gasteiger partial charge >= 0.3 is 24.2 Å². The number of piperazine rings is 1. The number of methoxy groups -OCH3 is 1. The highest BCUT2D eigenvalue weighted by atomic mass is 16.6. The maximum Gasteiger partial charge on any atom is 0.415 e. The average Bonchev–Trinajstić information content (AvgIpc) is 3.69. The molecule has 1 aromatic rings. The Morgan fingerprint density at radius 3 is 1.93 bits per heavy atom. The van der Waals surface area contributed by atoms with Gasteiger partial charge in [-0.2, -0.15) is 0 Å². The number of carbonyl (C=O) groups excluding carboxylic acids is 4. The van der Waals surface area contributed by atoms with Crippen LogP contribution >= 0.6 is 0 Å². The minimum atomic E-state index is -1.28. The first-order valence-electron chi connectivity index (χ1n) is 13.2. The SMILES string of the molecule is COC(=O)[C@H]1[C@H](CN(C(=O)Oc2ccc(N[O-])cc2)C2CC2)N(C(=O)OC(C)(C)C)CCN1C(=O)OC(C)(C)C. The van der Waals surface area contributed by atoms with Crippen molar-refractivity contribution in [2.45, 2.75) is 83.7 Å². The van der Waals surface area contributed by atoms with E-state index in [0.717, 1.165) is 0 Å². The lowest BCUT2D eigenvalue weighted by molar-refractivity contribution is -0.152. The lowest BCUT2D eigenvalue weighted by atomic mass is 10.0. The Morgan fingerprint density at radius 2 is 1.45 bits per heavy atom. The Hall–Kier alpha value is -3.74. The number of hydrogen-bond acceptors (Lipinski definition) is 10. The van der Waals surface area contributed by atoms with Crippen molar-refractivity contribution in [3.05, 3.63) is 29.5 Å². The Morgan fingerprint density at radius 1 is 0.925 bits per heavy atom. The summed E-state index contributed by atoms with van der Waals surface area (Å²) in [5, 5.41) is 10.8. The highest BCUT2D eigenvalue weighted by Crippen LogP contribution is 2.32. The quantitative estimate of drug-likeness (QED) is 0.306. The third-order valence-corrected chi connectivity index (χ3v) is 6.16. The summed E-state index contributed by atoms with van der Waals surface area (Å²) in [4.78, 5) is 57.1. The zero-order valence-electron chi connectivity index (χ0n) is 24.1. The fourth-order valence-corrected chi connectivity index (χ4v) is 4.29. The van der Waals surface area contributed by atoms with Crippen molar-refractivity contribution < 1.29 is 38.1 Å². The normalized spacial score (nSPS) is 19.4. The van der Waals surface area contributed by atoms with Crippen molar-refractivity contribution in [3.8, 4) is 5.75 Å². The maximum atomic E-state index is 13.3. The van der Waals surface area contributed by atoms with E-state index >= 15 is 0 Å². The molecule has 13 nitrogen and oxygen atoms in total. The molecule has 0 radical (unpaired) electrons. The molecule has 0 bridgehead atoms. The van der Waals surface area contributed by atoms with Crippen LogP contribution in [0.5, 0.6) is 5.75 Å². The molecular weight excluding hydrogens is 524 g/mol. The minimum absolute atomic E-state index is 0.0155. The van der Waals surface area contributed by atoms with Gasteiger partial charge in [0.1, 0.15) is 17.0 Å². The Kier molecular flexibility index (Phi) is 9.39. The summed E-state index contributed by atoms with van der Waals surface area (Å²) < 4.78 is 21.8. The van der Waals surface area contributed by atoms with E-state index in [-0.39, 0.29) is 31.4 Å². The highest BCUT2D eigenvalue weighted by Gasteiger charge is 2.50. The van der Waals surface area contributed by atoms with Crippen molar-refractivity contribution in [3.63, 3.8) is 0 Å². The number of benzene rings is 1. The van der Waals surface area contributed by atoms with Crippen LogP contribution in [0.3, 0.4) is 0 Å². The van der Waals surface area contributed by atoms with Gasteiger partial charge in [-0.1, -0.05) is 0 Å². The molecule has 1 aliphatic carbocycles. The number of rotatable bonds is 6. The molecule has 1 N–H and O–H groups in total. The summed E-state index contributed by atoms with van der Waals surface area (Å²) in [5.41, 5.74) is 0.394. The second-order valence-corrected chi connectivity index (χ2v) is 11.8. The molecule has 1 saturated heterocycles. The van der Waals surface area contributed by atoms with E-state index in [2.05, 4.69) is 0 Å². The van der Waals surface area contributed by atoms with Crippen LogP contribution in [-0.4, -0.2) is 95.0 Å². The summed E-state index contributed by atoms with van der Waals surface area (Å²) in [5.74, 6) is -0.559. The van der Waals surface area contributed by atoms with Crippen LogP contribution in [0.4, 0.5) is 20.1 Å². The lowest BCUT2D eigenvalue weighted by Gasteiger charge is -2.47. The van der Waals surface area contributed by atoms with Crippen LogP contribution in [0.15, 0.2) is 24.3 Å². The van der Waals surface area contributed by atoms with E-state index in [1.807, 2.05) is 0 Å². The second-order valence-electron chi connectivity index (χ2n) is 11.8. The van der Waals surface area contributed by atoms with Gasteiger partial charge in [-0.25, -0.2) is 19.2 Å². The summed E-state index contributed by atoms with van der Waals surface area (Å²) >= 11 is 0. The molecule has 2 aliphatic rings. The number of nitrogens with zero attached hydrogens (tertiary/aromatic N) is 3. The molecule has 13 heteroatoms. The van der Waals surface area contributed by atoms with Gasteiger partial charge in [-0.3, -0.25) is 9.80 Å². The van der Waals surface area contributed by atoms with E-state index in [1.165, 1.54) is 46.1 Å². The number of carbonyl (C=O) groups is 4. The first kappa shape index (κ1) is 30.8. The topological polar surface area (TPSA) is 150 Å². The van der Waals surface area contributed by atoms with Crippen molar-refractivity contribution in [2.75, 3.05) is 32.2 Å². The van der Waals surface area contributed by atoms with Crippen molar-refractivity contribution >= 4 is 29.9 Å². The van der Waals surface area contributed by atoms with Gasteiger partial charge in [0.05, 0.1) is 13.2 Å². The predicted molar refractivity (Wildman–Crippen MR) is 145 cm³/mol. The second kappa shape index (κ2) is 12.2. The molecule has 222 valence electrons. The van der Waals surface area contributed by atoms with Crippen molar-refractivity contribution in [1.29, 1.82) is 0 Å². The van der Waals surface area contributed by atoms with Crippen LogP contribution in [0.2, 0.25) is 0 Å². The first-order chi connectivity index (χ1) is 18.6. The molecule has 3 rings (SSSR count). The number of hydrogen-bond donors (Lipinski definition) is 1. The monoisotopic (exact) mass is 563 g/mol. The Bertz CT molecular complexity index is 1080. The van der Waals surface area contributed by atoms with Crippen molar-refractivity contribution in [2.24, 2.45) is 0 Å². The van der Waals surface area contributed by atoms with Crippen LogP contribution in [0.25, 0.3) is 0 Å². The molecule has 1 aliphatic heterocycles. The van der Waals surface area contributed by atoms with Crippen LogP contribution in [-0.2, 0) is 19.0 Å². The number of nitrogens with one attached hydrogen (secondary N) is 1. The van der Waals surface area contributed by atoms with Gasteiger partial charge in [0.25, 0.3) is 0 Å². The van der Waals surface area contributed by atoms with Gasteiger partial charge in [0.2, 0.25) is 0 Å². The molecule has 2 fully saturated rings. The molecule has 1 heterocycles.